The van der Waals surface area contributed by atoms with Crippen molar-refractivity contribution >= 4 is 11.6 Å². The van der Waals surface area contributed by atoms with Gasteiger partial charge in [0.2, 0.25) is 0 Å². The highest BCUT2D eigenvalue weighted by atomic mass is 16.5. The monoisotopic (exact) mass is 290 g/mol. The lowest BCUT2D eigenvalue weighted by Gasteiger charge is -2.50. The molecule has 1 aromatic rings. The second kappa shape index (κ2) is 6.58. The Balaban J connectivity index is 2.18. The fraction of sp³-hybridized carbons (Fsp3) is 0.588. The summed E-state index contributed by atoms with van der Waals surface area (Å²) in [4.78, 5) is 12.6. The zero-order chi connectivity index (χ0) is 15.5. The van der Waals surface area contributed by atoms with Crippen LogP contribution in [-0.2, 0) is 4.79 Å². The number of para-hydroxylation sites is 1. The molecule has 1 fully saturated rings. The molecule has 1 amide bonds. The normalized spacial score (nSPS) is 25.6. The Labute approximate surface area is 127 Å². The minimum Gasteiger partial charge on any atom is -0.632 e. The highest BCUT2D eigenvalue weighted by Gasteiger charge is 2.37. The Morgan fingerprint density at radius 3 is 2.62 bits per heavy atom. The third-order valence-corrected chi connectivity index (χ3v) is 4.47. The first-order valence-corrected chi connectivity index (χ1v) is 7.93. The van der Waals surface area contributed by atoms with E-state index < -0.39 is 6.04 Å². The van der Waals surface area contributed by atoms with Crippen molar-refractivity contribution in [2.45, 2.75) is 52.5 Å². The van der Waals surface area contributed by atoms with E-state index in [2.05, 4.69) is 5.32 Å². The van der Waals surface area contributed by atoms with E-state index in [1.165, 1.54) is 0 Å². The van der Waals surface area contributed by atoms with Gasteiger partial charge in [0, 0.05) is 12.1 Å². The number of aryl methyl sites for hydroxylation is 2. The third-order valence-electron chi connectivity index (χ3n) is 4.47. The average molecular weight is 290 g/mol. The number of hydrogen-bond donors (Lipinski definition) is 1. The Morgan fingerprint density at radius 1 is 1.33 bits per heavy atom. The first-order chi connectivity index (χ1) is 9.98. The van der Waals surface area contributed by atoms with Crippen molar-refractivity contribution in [3.05, 3.63) is 34.5 Å². The molecule has 1 heterocycles. The molecule has 21 heavy (non-hydrogen) atoms. The van der Waals surface area contributed by atoms with E-state index in [0.717, 1.165) is 36.1 Å². The molecule has 0 bridgehead atoms. The van der Waals surface area contributed by atoms with E-state index in [9.17, 15) is 10.0 Å². The summed E-state index contributed by atoms with van der Waals surface area (Å²) in [7, 11) is 0. The quantitative estimate of drug-likeness (QED) is 0.681. The first-order valence-electron chi connectivity index (χ1n) is 7.93. The Kier molecular flexibility index (Phi) is 5.01. The van der Waals surface area contributed by atoms with Crippen LogP contribution in [0.2, 0.25) is 0 Å². The molecule has 0 aliphatic carbocycles. The minimum atomic E-state index is -0.460. The molecule has 2 atom stereocenters. The average Bonchev–Trinajstić information content (AvgIpc) is 2.43. The molecule has 1 aromatic carbocycles. The molecule has 1 saturated heterocycles. The van der Waals surface area contributed by atoms with Gasteiger partial charge >= 0.3 is 0 Å². The number of benzene rings is 1. The molecule has 4 heteroatoms. The predicted octanol–water partition coefficient (Wildman–Crippen LogP) is 3.52. The maximum absolute atomic E-state index is 12.9. The number of nitrogens with zero attached hydrogens (tertiary/aromatic N) is 1. The summed E-state index contributed by atoms with van der Waals surface area (Å²) in [5.41, 5.74) is 2.94. The van der Waals surface area contributed by atoms with Gasteiger partial charge < -0.3 is 15.2 Å². The molecular formula is C17H26N2O2. The van der Waals surface area contributed by atoms with Crippen molar-refractivity contribution in [1.82, 2.24) is 0 Å². The molecule has 4 nitrogen and oxygen atoms in total. The molecule has 2 rings (SSSR count). The summed E-state index contributed by atoms with van der Waals surface area (Å²) in [6.45, 7) is 7.07. The molecular weight excluding hydrogens is 264 g/mol. The topological polar surface area (TPSA) is 52.2 Å². The van der Waals surface area contributed by atoms with E-state index in [1.807, 2.05) is 39.0 Å². The number of quaternary nitrogens is 1. The van der Waals surface area contributed by atoms with Crippen LogP contribution in [0.5, 0.6) is 0 Å². The van der Waals surface area contributed by atoms with Crippen LogP contribution in [-0.4, -0.2) is 29.7 Å². The molecule has 1 aliphatic rings. The summed E-state index contributed by atoms with van der Waals surface area (Å²) in [6, 6.07) is 5.48. The standard InChI is InChI=1S/C17H26N2O2/c1-4-11-19(21)12-6-5-10-15(19)17(20)18-16-13(2)8-7-9-14(16)3/h7-9,15H,4-6,10-12H2,1-3H3,(H,18,20)/t15-,19?/m1/s1. The van der Waals surface area contributed by atoms with Crippen LogP contribution < -0.4 is 5.32 Å². The van der Waals surface area contributed by atoms with Crippen molar-refractivity contribution in [2.75, 3.05) is 18.4 Å². The zero-order valence-electron chi connectivity index (χ0n) is 13.3. The van der Waals surface area contributed by atoms with E-state index in [4.69, 9.17) is 0 Å². The first kappa shape index (κ1) is 16.0. The molecule has 116 valence electrons. The number of hydrogen-bond acceptors (Lipinski definition) is 2. The fourth-order valence-electron chi connectivity index (χ4n) is 3.32. The number of nitrogens with one attached hydrogen (secondary N) is 1. The molecule has 0 saturated carbocycles. The predicted molar refractivity (Wildman–Crippen MR) is 85.8 cm³/mol. The van der Waals surface area contributed by atoms with Gasteiger partial charge in [-0.3, -0.25) is 4.79 Å². The van der Waals surface area contributed by atoms with E-state index in [-0.39, 0.29) is 10.6 Å². The number of rotatable bonds is 4. The van der Waals surface area contributed by atoms with Gasteiger partial charge in [0.05, 0.1) is 13.1 Å². The number of piperidine rings is 1. The van der Waals surface area contributed by atoms with Crippen LogP contribution in [0.3, 0.4) is 0 Å². The van der Waals surface area contributed by atoms with Gasteiger partial charge in [-0.05, 0) is 44.2 Å². The highest BCUT2D eigenvalue weighted by Crippen LogP contribution is 2.27. The third kappa shape index (κ3) is 3.44. The van der Waals surface area contributed by atoms with Gasteiger partial charge in [-0.25, -0.2) is 0 Å². The summed E-state index contributed by atoms with van der Waals surface area (Å²) in [5.74, 6) is -0.115. The second-order valence-electron chi connectivity index (χ2n) is 6.17. The van der Waals surface area contributed by atoms with Crippen molar-refractivity contribution < 1.29 is 9.44 Å². The SMILES string of the molecule is CCC[N+]1([O-])CCCC[C@@H]1C(=O)Nc1c(C)cccc1C. The van der Waals surface area contributed by atoms with Crippen LogP contribution >= 0.6 is 0 Å². The molecule has 1 unspecified atom stereocenters. The van der Waals surface area contributed by atoms with Crippen molar-refractivity contribution in [3.63, 3.8) is 0 Å². The number of carbonyl (C=O) groups excluding carboxylic acids is 1. The van der Waals surface area contributed by atoms with Crippen LogP contribution in [0, 0.1) is 19.1 Å². The summed E-state index contributed by atoms with van der Waals surface area (Å²) >= 11 is 0. The van der Waals surface area contributed by atoms with Crippen molar-refractivity contribution in [1.29, 1.82) is 0 Å². The lowest BCUT2D eigenvalue weighted by molar-refractivity contribution is -0.901. The van der Waals surface area contributed by atoms with Gasteiger partial charge in [0.1, 0.15) is 0 Å². The number of hydroxylamine groups is 3. The van der Waals surface area contributed by atoms with Crippen molar-refractivity contribution in [2.24, 2.45) is 0 Å². The lowest BCUT2D eigenvalue weighted by Crippen LogP contribution is -2.58. The molecule has 0 aromatic heterocycles. The largest absolute Gasteiger partial charge is 0.632 e. The summed E-state index contributed by atoms with van der Waals surface area (Å²) < 4.78 is -0.354. The maximum Gasteiger partial charge on any atom is 0.283 e. The van der Waals surface area contributed by atoms with Gasteiger partial charge in [-0.15, -0.1) is 0 Å². The van der Waals surface area contributed by atoms with Crippen LogP contribution in [0.15, 0.2) is 18.2 Å². The van der Waals surface area contributed by atoms with E-state index in [0.29, 0.717) is 19.5 Å². The van der Waals surface area contributed by atoms with E-state index >= 15 is 0 Å². The van der Waals surface area contributed by atoms with Crippen molar-refractivity contribution in [3.8, 4) is 0 Å². The fourth-order valence-corrected chi connectivity index (χ4v) is 3.32. The number of anilines is 1. The van der Waals surface area contributed by atoms with Gasteiger partial charge in [-0.2, -0.15) is 0 Å². The van der Waals surface area contributed by atoms with Gasteiger partial charge in [0.25, 0.3) is 5.91 Å². The lowest BCUT2D eigenvalue weighted by atomic mass is 9.99. The molecule has 0 radical (unpaired) electrons. The van der Waals surface area contributed by atoms with Crippen LogP contribution in [0.1, 0.15) is 43.7 Å². The number of amides is 1. The smallest absolute Gasteiger partial charge is 0.283 e. The van der Waals surface area contributed by atoms with Crippen LogP contribution in [0.4, 0.5) is 5.69 Å². The molecule has 1 aliphatic heterocycles. The molecule has 1 N–H and O–H groups in total. The minimum absolute atomic E-state index is 0.115. The highest BCUT2D eigenvalue weighted by molar-refractivity contribution is 5.95. The van der Waals surface area contributed by atoms with Gasteiger partial charge in [-0.1, -0.05) is 25.1 Å². The maximum atomic E-state index is 12.9. The van der Waals surface area contributed by atoms with E-state index in [1.54, 1.807) is 0 Å². The van der Waals surface area contributed by atoms with Crippen LogP contribution in [0.25, 0.3) is 0 Å². The second-order valence-corrected chi connectivity index (χ2v) is 6.17. The Morgan fingerprint density at radius 2 is 2.00 bits per heavy atom. The number of likely N-dealkylation sites (tertiary alicyclic amines) is 1. The Hall–Kier alpha value is -1.39. The summed E-state index contributed by atoms with van der Waals surface area (Å²) in [5, 5.41) is 15.9. The molecule has 0 spiro atoms. The van der Waals surface area contributed by atoms with Gasteiger partial charge in [0.15, 0.2) is 6.04 Å². The number of carbonyl (C=O) groups is 1. The Bertz CT molecular complexity index is 491. The zero-order valence-corrected chi connectivity index (χ0v) is 13.3. The summed E-state index contributed by atoms with van der Waals surface area (Å²) in [6.07, 6.45) is 3.41.